The number of carbonyl (C=O) groups excluding carboxylic acids is 1. The smallest absolute Gasteiger partial charge is 0.296 e. The molecule has 0 saturated carbocycles. The fourth-order valence-electron chi connectivity index (χ4n) is 4.28. The quantitative estimate of drug-likeness (QED) is 0.357. The first-order valence-electron chi connectivity index (χ1n) is 10.3. The van der Waals surface area contributed by atoms with Crippen molar-refractivity contribution in [2.45, 2.75) is 13.0 Å². The van der Waals surface area contributed by atoms with E-state index < -0.39 is 17.4 Å². The molecule has 1 unspecified atom stereocenters. The van der Waals surface area contributed by atoms with Crippen LogP contribution in [0.2, 0.25) is 10.0 Å². The first kappa shape index (κ1) is 23.1. The lowest BCUT2D eigenvalue weighted by atomic mass is 9.97. The maximum atomic E-state index is 13.8. The Labute approximate surface area is 208 Å². The second-order valence-electron chi connectivity index (χ2n) is 7.77. The van der Waals surface area contributed by atoms with Crippen molar-refractivity contribution in [2.24, 2.45) is 0 Å². The summed E-state index contributed by atoms with van der Waals surface area (Å²) in [7, 11) is 4.42. The van der Waals surface area contributed by atoms with Crippen molar-refractivity contribution >= 4 is 45.9 Å². The first-order chi connectivity index (χ1) is 16.8. The predicted octanol–water partition coefficient (Wildman–Crippen LogP) is 5.17. The number of aromatic nitrogens is 1. The monoisotopic (exact) mass is 516 g/mol. The van der Waals surface area contributed by atoms with Crippen LogP contribution in [0.3, 0.4) is 0 Å². The summed E-state index contributed by atoms with van der Waals surface area (Å²) in [5.74, 6) is 0.974. The number of nitrogens with zero attached hydrogens (tertiary/aromatic N) is 2. The van der Waals surface area contributed by atoms with Crippen molar-refractivity contribution < 1.29 is 27.9 Å². The number of hydrogen-bond donors (Lipinski definition) is 0. The van der Waals surface area contributed by atoms with Crippen molar-refractivity contribution in [1.82, 2.24) is 5.16 Å². The average molecular weight is 517 g/mol. The minimum Gasteiger partial charge on any atom is -0.493 e. The molecule has 2 aromatic heterocycles. The van der Waals surface area contributed by atoms with E-state index in [2.05, 4.69) is 5.16 Å². The highest BCUT2D eigenvalue weighted by molar-refractivity contribution is 6.38. The van der Waals surface area contributed by atoms with Gasteiger partial charge in [-0.2, -0.15) is 0 Å². The minimum atomic E-state index is -0.950. The van der Waals surface area contributed by atoms with E-state index in [0.29, 0.717) is 28.6 Å². The molecule has 0 radical (unpaired) electrons. The van der Waals surface area contributed by atoms with Crippen LogP contribution in [0.25, 0.3) is 11.0 Å². The van der Waals surface area contributed by atoms with E-state index in [0.717, 1.165) is 0 Å². The van der Waals surface area contributed by atoms with Crippen LogP contribution in [-0.4, -0.2) is 32.4 Å². The molecule has 0 aliphatic carbocycles. The third kappa shape index (κ3) is 3.50. The molecule has 0 bridgehead atoms. The molecule has 0 spiro atoms. The lowest BCUT2D eigenvalue weighted by molar-refractivity contribution is 0.0969. The zero-order valence-electron chi connectivity index (χ0n) is 19.0. The number of benzene rings is 2. The molecular formula is C24H18Cl2N2O7. The van der Waals surface area contributed by atoms with Crippen molar-refractivity contribution in [1.29, 1.82) is 0 Å². The third-order valence-corrected chi connectivity index (χ3v) is 6.26. The van der Waals surface area contributed by atoms with Gasteiger partial charge in [-0.1, -0.05) is 28.4 Å². The zero-order chi connectivity index (χ0) is 25.0. The maximum absolute atomic E-state index is 13.8. The van der Waals surface area contributed by atoms with E-state index in [9.17, 15) is 9.59 Å². The van der Waals surface area contributed by atoms with Crippen molar-refractivity contribution in [2.75, 3.05) is 26.2 Å². The van der Waals surface area contributed by atoms with Gasteiger partial charge >= 0.3 is 0 Å². The summed E-state index contributed by atoms with van der Waals surface area (Å²) in [6.45, 7) is 1.69. The number of aryl methyl sites for hydroxylation is 1. The largest absolute Gasteiger partial charge is 0.493 e. The van der Waals surface area contributed by atoms with Crippen LogP contribution in [-0.2, 0) is 0 Å². The summed E-state index contributed by atoms with van der Waals surface area (Å²) in [6.07, 6.45) is 0. The molecule has 0 fully saturated rings. The summed E-state index contributed by atoms with van der Waals surface area (Å²) < 4.78 is 27.5. The Morgan fingerprint density at radius 1 is 0.971 bits per heavy atom. The number of fused-ring (bicyclic) bond motifs is 2. The Kier molecular flexibility index (Phi) is 5.61. The second kappa shape index (κ2) is 8.51. The molecule has 1 aliphatic heterocycles. The summed E-state index contributed by atoms with van der Waals surface area (Å²) in [5.41, 5.74) is 0.193. The molecule has 0 saturated heterocycles. The second-order valence-corrected chi connectivity index (χ2v) is 8.61. The van der Waals surface area contributed by atoms with Gasteiger partial charge in [0.1, 0.15) is 5.76 Å². The van der Waals surface area contributed by atoms with Crippen molar-refractivity contribution in [3.8, 4) is 17.2 Å². The van der Waals surface area contributed by atoms with Gasteiger partial charge in [0.05, 0.1) is 43.3 Å². The number of rotatable bonds is 5. The summed E-state index contributed by atoms with van der Waals surface area (Å²) in [4.78, 5) is 28.8. The van der Waals surface area contributed by atoms with Crippen LogP contribution in [0.1, 0.15) is 33.5 Å². The number of anilines is 1. The molecule has 1 atom stereocenters. The van der Waals surface area contributed by atoms with E-state index >= 15 is 0 Å². The fourth-order valence-corrected chi connectivity index (χ4v) is 4.81. The average Bonchev–Trinajstić information content (AvgIpc) is 3.39. The van der Waals surface area contributed by atoms with Gasteiger partial charge in [-0.25, -0.2) is 0 Å². The third-order valence-electron chi connectivity index (χ3n) is 5.76. The highest BCUT2D eigenvalue weighted by atomic mass is 35.5. The van der Waals surface area contributed by atoms with Gasteiger partial charge < -0.3 is 23.2 Å². The van der Waals surface area contributed by atoms with E-state index in [1.807, 2.05) is 0 Å². The Hall–Kier alpha value is -3.69. The van der Waals surface area contributed by atoms with Crippen LogP contribution in [0.15, 0.2) is 44.1 Å². The first-order valence-corrected chi connectivity index (χ1v) is 11.1. The molecule has 4 aromatic rings. The SMILES string of the molecule is COc1cc(C2c3c(oc4c(Cl)cc(Cl)cc4c3=O)C(=O)N2c2cc(C)on2)cc(OC)c1OC. The molecule has 5 rings (SSSR count). The van der Waals surface area contributed by atoms with Crippen LogP contribution in [0.5, 0.6) is 17.2 Å². The zero-order valence-corrected chi connectivity index (χ0v) is 20.5. The fraction of sp³-hybridized carbons (Fsp3) is 0.208. The molecule has 9 nitrogen and oxygen atoms in total. The van der Waals surface area contributed by atoms with Crippen molar-refractivity contribution in [3.63, 3.8) is 0 Å². The van der Waals surface area contributed by atoms with Crippen LogP contribution in [0, 0.1) is 6.92 Å². The lowest BCUT2D eigenvalue weighted by Crippen LogP contribution is -2.29. The van der Waals surface area contributed by atoms with Crippen LogP contribution in [0.4, 0.5) is 5.82 Å². The Morgan fingerprint density at radius 2 is 1.66 bits per heavy atom. The number of ether oxygens (including phenoxy) is 3. The maximum Gasteiger partial charge on any atom is 0.296 e. The highest BCUT2D eigenvalue weighted by Gasteiger charge is 2.45. The normalized spacial score (nSPS) is 15.0. The van der Waals surface area contributed by atoms with E-state index in [4.69, 9.17) is 46.4 Å². The topological polar surface area (TPSA) is 104 Å². The van der Waals surface area contributed by atoms with Crippen LogP contribution >= 0.6 is 23.2 Å². The summed E-state index contributed by atoms with van der Waals surface area (Å²) >= 11 is 12.4. The number of carbonyl (C=O) groups is 1. The van der Waals surface area contributed by atoms with Gasteiger partial charge in [0.15, 0.2) is 28.3 Å². The van der Waals surface area contributed by atoms with Gasteiger partial charge in [-0.05, 0) is 36.8 Å². The molecule has 180 valence electrons. The molecule has 1 aliphatic rings. The summed E-state index contributed by atoms with van der Waals surface area (Å²) in [5, 5.41) is 4.52. The Morgan fingerprint density at radius 3 is 2.23 bits per heavy atom. The Bertz CT molecular complexity index is 1530. The standard InChI is InChI=1S/C24H18Cl2N2O7/c1-10-5-17(27-35-10)28-19(11-6-15(31-2)22(33-4)16(7-11)32-3)18-20(29)13-8-12(25)9-14(26)21(13)34-23(18)24(28)30/h5-9,19H,1-4H3. The van der Waals surface area contributed by atoms with E-state index in [1.54, 1.807) is 25.1 Å². The van der Waals surface area contributed by atoms with E-state index in [1.165, 1.54) is 38.4 Å². The summed E-state index contributed by atoms with van der Waals surface area (Å²) in [6, 6.07) is 6.84. The molecular weight excluding hydrogens is 499 g/mol. The molecule has 3 heterocycles. The van der Waals surface area contributed by atoms with Gasteiger partial charge in [0, 0.05) is 11.1 Å². The van der Waals surface area contributed by atoms with Gasteiger partial charge in [-0.15, -0.1) is 0 Å². The van der Waals surface area contributed by atoms with Gasteiger partial charge in [0.25, 0.3) is 5.91 Å². The van der Waals surface area contributed by atoms with Crippen LogP contribution < -0.4 is 24.5 Å². The Balaban J connectivity index is 1.86. The molecule has 11 heteroatoms. The molecule has 0 N–H and O–H groups in total. The van der Waals surface area contributed by atoms with Crippen molar-refractivity contribution in [3.05, 3.63) is 73.2 Å². The lowest BCUT2D eigenvalue weighted by Gasteiger charge is -2.24. The number of amides is 1. The highest BCUT2D eigenvalue weighted by Crippen LogP contribution is 2.46. The number of halogens is 2. The number of hydrogen-bond acceptors (Lipinski definition) is 8. The molecule has 2 aromatic carbocycles. The van der Waals surface area contributed by atoms with Gasteiger partial charge in [-0.3, -0.25) is 14.5 Å². The van der Waals surface area contributed by atoms with E-state index in [-0.39, 0.29) is 38.2 Å². The molecule has 35 heavy (non-hydrogen) atoms. The van der Waals surface area contributed by atoms with Gasteiger partial charge in [0.2, 0.25) is 11.5 Å². The minimum absolute atomic E-state index is 0.0648. The number of methoxy groups -OCH3 is 3. The molecule has 1 amide bonds. The predicted molar refractivity (Wildman–Crippen MR) is 128 cm³/mol.